The zero-order chi connectivity index (χ0) is 79.0. The maximum Gasteiger partial charge on any atom is 0.409 e. The number of carbonyl (C=O) groups is 4. The zero-order valence-corrected chi connectivity index (χ0v) is 65.6. The van der Waals surface area contributed by atoms with E-state index < -0.39 is 0 Å². The van der Waals surface area contributed by atoms with Crippen molar-refractivity contribution >= 4 is 114 Å². The molecule has 4 aliphatic carbocycles. The lowest BCUT2D eigenvalue weighted by molar-refractivity contribution is -0.130. The Hall–Kier alpha value is -10.8. The lowest BCUT2D eigenvalue weighted by atomic mass is 9.92. The molecule has 0 aromatic carbocycles. The summed E-state index contributed by atoms with van der Waals surface area (Å²) < 4.78 is 12.3. The number of aromatic nitrogens is 12. The number of hydrogen-bond acceptors (Lipinski definition) is 25. The molecule has 4 saturated heterocycles. The van der Waals surface area contributed by atoms with Crippen LogP contribution in [0.15, 0.2) is 56.1 Å². The molecule has 0 unspecified atom stereocenters. The number of piperidine rings is 4. The van der Waals surface area contributed by atoms with Gasteiger partial charge in [-0.05, 0) is 130 Å². The number of nitrogens with one attached hydrogen (secondary N) is 4. The fourth-order valence-corrected chi connectivity index (χ4v) is 17.1. The molecule has 4 saturated carbocycles. The van der Waals surface area contributed by atoms with E-state index in [-0.39, 0.29) is 94.4 Å². The molecular formula is C79H110N24O9. The van der Waals surface area contributed by atoms with Crippen molar-refractivity contribution in [2.75, 3.05) is 103 Å². The number of nitrogen functional groups attached to an aromatic ring is 4. The van der Waals surface area contributed by atoms with Crippen LogP contribution in [0.5, 0.6) is 0 Å². The highest BCUT2D eigenvalue weighted by molar-refractivity contribution is 5.91. The molecule has 4 amide bonds. The van der Waals surface area contributed by atoms with Crippen molar-refractivity contribution in [3.05, 3.63) is 89.5 Å². The number of pyridine rings is 4. The smallest absolute Gasteiger partial charge is 0.409 e. The van der Waals surface area contributed by atoms with Crippen molar-refractivity contribution in [1.29, 1.82) is 0 Å². The van der Waals surface area contributed by atoms with Crippen LogP contribution in [0.3, 0.4) is 0 Å². The normalized spacial score (nSPS) is 18.7. The minimum atomic E-state index is -0.261. The number of nitrogens with zero attached hydrogens (tertiary/aromatic N) is 16. The van der Waals surface area contributed by atoms with E-state index in [4.69, 9.17) is 37.6 Å². The number of anilines is 8. The second kappa shape index (κ2) is 35.3. The van der Waals surface area contributed by atoms with Gasteiger partial charge in [-0.2, -0.15) is 19.9 Å². The summed E-state index contributed by atoms with van der Waals surface area (Å²) in [5.74, 6) is 2.39. The highest BCUT2D eigenvalue weighted by atomic mass is 16.6. The van der Waals surface area contributed by atoms with Crippen molar-refractivity contribution < 1.29 is 23.9 Å². The standard InChI is InChI=1S/C20H28N6O3.2C20H28N6O2.C19H26N6O2/c1-3-29-20(28)25-9-7-13(8-10-25)23-19-22-11-15-16(21)12(2)18(27)26(17(15)24-19)14-5-4-6-14;1-12-17(21)16-11-22-20(23-14-7-9-25(10-8-14)13(2)27)24-18(16)26(19(12)28)15-5-3-4-6-15;1-13(27)25-9-7-14(8-10-25)23-20-22-12-16-17(21)11-18(28)26(19(16)24-20)15-5-3-2-4-6-15;1-12(26)24-8-6-13(7-9-24)22-19-21-11-15-16(20)10-17(27)25(18(15)23-19)14-4-2-3-5-14/h11,13-14H,3-10,21H2,1-2H3,(H,22,23,24);11,14-15H,3-10,21H2,1-2H3,(H,22,23,24);11-12,14-15H,2-10,21H2,1H3,(H,22,23,24);10-11,13-14H,2-9,20H2,1H3,(H,21,22,23). The summed E-state index contributed by atoms with van der Waals surface area (Å²) in [6.45, 7) is 16.2. The van der Waals surface area contributed by atoms with Crippen LogP contribution in [0.1, 0.15) is 217 Å². The molecule has 33 nitrogen and oxygen atoms in total. The Morgan fingerprint density at radius 3 is 0.938 bits per heavy atom. The lowest BCUT2D eigenvalue weighted by Gasteiger charge is -2.32. The van der Waals surface area contributed by atoms with E-state index in [1.165, 1.54) is 18.6 Å². The van der Waals surface area contributed by atoms with Gasteiger partial charge >= 0.3 is 6.09 Å². The Labute approximate surface area is 649 Å². The van der Waals surface area contributed by atoms with Crippen LogP contribution in [-0.4, -0.2) is 185 Å². The van der Waals surface area contributed by atoms with E-state index in [9.17, 15) is 38.4 Å². The molecular weight excluding hydrogens is 1430 g/mol. The molecule has 4 aliphatic heterocycles. The quantitative estimate of drug-likeness (QED) is 0.0534. The van der Waals surface area contributed by atoms with Crippen molar-refractivity contribution in [2.24, 2.45) is 0 Å². The van der Waals surface area contributed by atoms with E-state index >= 15 is 0 Å². The summed E-state index contributed by atoms with van der Waals surface area (Å²) in [7, 11) is 0. The van der Waals surface area contributed by atoms with Crippen molar-refractivity contribution in [2.45, 2.75) is 244 Å². The van der Waals surface area contributed by atoms with Crippen LogP contribution in [-0.2, 0) is 19.1 Å². The Balaban J connectivity index is 0.000000131. The monoisotopic (exact) mass is 1540 g/mol. The van der Waals surface area contributed by atoms with E-state index in [2.05, 4.69) is 51.2 Å². The average Bonchev–Trinajstić information content (AvgIpc) is 1.04. The number of nitrogens with two attached hydrogens (primary N) is 4. The van der Waals surface area contributed by atoms with Crippen LogP contribution in [0.25, 0.3) is 44.1 Å². The second-order valence-electron chi connectivity index (χ2n) is 31.4. The summed E-state index contributed by atoms with van der Waals surface area (Å²) in [6.07, 6.45) is 30.4. The molecule has 8 aromatic rings. The van der Waals surface area contributed by atoms with Gasteiger partial charge in [0.15, 0.2) is 22.6 Å². The minimum Gasteiger partial charge on any atom is -0.450 e. The molecule has 0 radical (unpaired) electrons. The number of amides is 4. The predicted molar refractivity (Wildman–Crippen MR) is 434 cm³/mol. The first kappa shape index (κ1) is 79.3. The summed E-state index contributed by atoms with van der Waals surface area (Å²) in [5.41, 5.74) is 29.6. The molecule has 16 rings (SSSR count). The van der Waals surface area contributed by atoms with E-state index in [1.807, 2.05) is 23.8 Å². The topological polar surface area (TPSA) is 434 Å². The maximum absolute atomic E-state index is 13.0. The number of ether oxygens (including phenoxy) is 1. The molecule has 0 spiro atoms. The van der Waals surface area contributed by atoms with Crippen LogP contribution in [0, 0.1) is 13.8 Å². The number of rotatable bonds is 13. The summed E-state index contributed by atoms with van der Waals surface area (Å²) in [4.78, 5) is 141. The highest BCUT2D eigenvalue weighted by Gasteiger charge is 2.32. The number of likely N-dealkylation sites (tertiary alicyclic amines) is 4. The van der Waals surface area contributed by atoms with Crippen LogP contribution >= 0.6 is 0 Å². The lowest BCUT2D eigenvalue weighted by Crippen LogP contribution is -2.42. The number of carbonyl (C=O) groups excluding carboxylic acids is 4. The Bertz CT molecular complexity index is 5010. The van der Waals surface area contributed by atoms with Gasteiger partial charge in [0, 0.05) is 181 Å². The van der Waals surface area contributed by atoms with Gasteiger partial charge in [-0.1, -0.05) is 44.9 Å². The number of hydrogen-bond donors (Lipinski definition) is 8. The third kappa shape index (κ3) is 17.8. The van der Waals surface area contributed by atoms with Gasteiger partial charge < -0.3 is 68.5 Å². The third-order valence-electron chi connectivity index (χ3n) is 24.0. The highest BCUT2D eigenvalue weighted by Crippen LogP contribution is 2.37. The molecule has 12 heterocycles. The SMILES string of the molecule is CC(=O)N1CCC(Nc2ncc3c(N)c(C)c(=O)n(C4CCCC4)c3n2)CC1.CC(=O)N1CCC(Nc2ncc3c(N)cc(=O)n(C4CCCC4)c3n2)CC1.CC(=O)N1CCC(Nc2ncc3c(N)cc(=O)n(C4CCCCC4)c3n2)CC1.CCOC(=O)N1CCC(Nc2ncc3c(N)c(C)c(=O)n(C4CCC4)c3n2)CC1. The summed E-state index contributed by atoms with van der Waals surface area (Å²) in [6, 6.07) is 4.48. The predicted octanol–water partition coefficient (Wildman–Crippen LogP) is 8.87. The molecule has 33 heteroatoms. The average molecular weight is 1540 g/mol. The van der Waals surface area contributed by atoms with Gasteiger partial charge in [0.05, 0.1) is 39.5 Å². The van der Waals surface area contributed by atoms with E-state index in [0.29, 0.717) is 100.0 Å². The molecule has 112 heavy (non-hydrogen) atoms. The first-order valence-corrected chi connectivity index (χ1v) is 40.4. The Morgan fingerprint density at radius 1 is 0.384 bits per heavy atom. The van der Waals surface area contributed by atoms with Gasteiger partial charge in [0.1, 0.15) is 0 Å². The van der Waals surface area contributed by atoms with Gasteiger partial charge in [0.25, 0.3) is 22.2 Å². The minimum absolute atomic E-state index is 0.0451. The number of fused-ring (bicyclic) bond motifs is 4. The fourth-order valence-electron chi connectivity index (χ4n) is 17.1. The molecule has 8 aliphatic rings. The first-order valence-electron chi connectivity index (χ1n) is 40.4. The Morgan fingerprint density at radius 2 is 0.652 bits per heavy atom. The van der Waals surface area contributed by atoms with Gasteiger partial charge in [0.2, 0.25) is 41.5 Å². The van der Waals surface area contributed by atoms with Crippen LogP contribution in [0.4, 0.5) is 51.3 Å². The van der Waals surface area contributed by atoms with Gasteiger partial charge in [-0.15, -0.1) is 0 Å². The van der Waals surface area contributed by atoms with Crippen molar-refractivity contribution in [1.82, 2.24) is 77.7 Å². The molecule has 12 N–H and O–H groups in total. The van der Waals surface area contributed by atoms with Gasteiger partial charge in [-0.25, -0.2) is 24.7 Å². The third-order valence-corrected chi connectivity index (χ3v) is 24.0. The van der Waals surface area contributed by atoms with Crippen LogP contribution < -0.4 is 66.4 Å². The largest absolute Gasteiger partial charge is 0.450 e. The van der Waals surface area contributed by atoms with Crippen molar-refractivity contribution in [3.8, 4) is 0 Å². The fraction of sp³-hybridized carbons (Fsp3) is 0.595. The van der Waals surface area contributed by atoms with E-state index in [1.54, 1.807) is 80.4 Å². The summed E-state index contributed by atoms with van der Waals surface area (Å²) >= 11 is 0. The summed E-state index contributed by atoms with van der Waals surface area (Å²) in [5, 5.41) is 16.4. The second-order valence-corrected chi connectivity index (χ2v) is 31.4. The maximum atomic E-state index is 13.0. The molecule has 8 aromatic heterocycles. The van der Waals surface area contributed by atoms with E-state index in [0.717, 1.165) is 208 Å². The Kier molecular flexibility index (Phi) is 25.0. The molecule has 600 valence electrons. The first-order chi connectivity index (χ1) is 54.0. The molecule has 8 fully saturated rings. The molecule has 0 bridgehead atoms. The van der Waals surface area contributed by atoms with Crippen LogP contribution in [0.2, 0.25) is 0 Å². The van der Waals surface area contributed by atoms with Crippen molar-refractivity contribution in [3.63, 3.8) is 0 Å². The van der Waals surface area contributed by atoms with Gasteiger partial charge in [-0.3, -0.25) is 51.8 Å². The zero-order valence-electron chi connectivity index (χ0n) is 65.6. The molecule has 0 atom stereocenters.